The van der Waals surface area contributed by atoms with Gasteiger partial charge in [-0.25, -0.2) is 0 Å². The third-order valence-corrected chi connectivity index (χ3v) is 10.1. The standard InChI is InChI=1S/C12H13Br3/c13-11-7-4-8(12(11,14)15)10-6-2-1-5(3-6)9(7)10/h1-2,5-11H,3-4H2. The fraction of sp³-hybridized carbons (Fsp3) is 0.833. The maximum Gasteiger partial charge on any atom is 0.0963 e. The van der Waals surface area contributed by atoms with Crippen LogP contribution >= 0.6 is 47.8 Å². The van der Waals surface area contributed by atoms with E-state index in [1.54, 1.807) is 0 Å². The molecule has 0 aliphatic heterocycles. The minimum atomic E-state index is 0.171. The lowest BCUT2D eigenvalue weighted by Gasteiger charge is -2.42. The molecule has 0 heterocycles. The van der Waals surface area contributed by atoms with E-state index in [0.29, 0.717) is 4.83 Å². The van der Waals surface area contributed by atoms with Crippen LogP contribution in [0.4, 0.5) is 0 Å². The third-order valence-electron chi connectivity index (χ3n) is 5.31. The van der Waals surface area contributed by atoms with Gasteiger partial charge in [0.1, 0.15) is 0 Å². The molecule has 0 aromatic heterocycles. The zero-order chi connectivity index (χ0) is 10.4. The molecule has 0 saturated heterocycles. The van der Waals surface area contributed by atoms with Crippen molar-refractivity contribution in [3.63, 3.8) is 0 Å². The molecule has 0 spiro atoms. The number of fused-ring (bicyclic) bond motifs is 9. The molecule has 4 aliphatic carbocycles. The van der Waals surface area contributed by atoms with Gasteiger partial charge < -0.3 is 0 Å². The van der Waals surface area contributed by atoms with Crippen molar-refractivity contribution in [2.45, 2.75) is 20.9 Å². The molecule has 4 rings (SSSR count). The predicted octanol–water partition coefficient (Wildman–Crippen LogP) is 4.32. The Morgan fingerprint density at radius 2 is 1.67 bits per heavy atom. The first-order valence-corrected chi connectivity index (χ1v) is 8.31. The van der Waals surface area contributed by atoms with Gasteiger partial charge in [0.2, 0.25) is 0 Å². The third kappa shape index (κ3) is 1.05. The maximum atomic E-state index is 3.92. The molecule has 82 valence electrons. The van der Waals surface area contributed by atoms with E-state index in [1.807, 2.05) is 0 Å². The Balaban J connectivity index is 1.80. The van der Waals surface area contributed by atoms with Gasteiger partial charge in [0.15, 0.2) is 0 Å². The van der Waals surface area contributed by atoms with Crippen molar-refractivity contribution in [3.8, 4) is 0 Å². The van der Waals surface area contributed by atoms with Crippen LogP contribution in [0.3, 0.4) is 0 Å². The molecule has 3 saturated carbocycles. The van der Waals surface area contributed by atoms with Crippen LogP contribution in [0.25, 0.3) is 0 Å². The summed E-state index contributed by atoms with van der Waals surface area (Å²) in [6, 6.07) is 0. The first kappa shape index (κ1) is 10.1. The minimum absolute atomic E-state index is 0.171. The van der Waals surface area contributed by atoms with Crippen molar-refractivity contribution in [3.05, 3.63) is 12.2 Å². The van der Waals surface area contributed by atoms with E-state index in [4.69, 9.17) is 0 Å². The summed E-state index contributed by atoms with van der Waals surface area (Å²) in [4.78, 5) is 0.615. The lowest BCUT2D eigenvalue weighted by atomic mass is 9.73. The molecular formula is C12H13Br3. The SMILES string of the molecule is BrC1C2CC(C3C4C=CC(C4)C23)C1(Br)Br. The van der Waals surface area contributed by atoms with Gasteiger partial charge in [0, 0.05) is 4.83 Å². The predicted molar refractivity (Wildman–Crippen MR) is 72.6 cm³/mol. The average Bonchev–Trinajstić information content (AvgIpc) is 2.88. The summed E-state index contributed by atoms with van der Waals surface area (Å²) in [5, 5.41) is 0. The van der Waals surface area contributed by atoms with E-state index in [1.165, 1.54) is 12.8 Å². The minimum Gasteiger partial charge on any atom is -0.0863 e. The molecule has 3 heteroatoms. The number of hydrogen-bond donors (Lipinski definition) is 0. The molecule has 7 unspecified atom stereocenters. The van der Waals surface area contributed by atoms with Crippen LogP contribution in [-0.2, 0) is 0 Å². The number of hydrogen-bond acceptors (Lipinski definition) is 0. The van der Waals surface area contributed by atoms with Gasteiger partial charge in [0.05, 0.1) is 3.23 Å². The average molecular weight is 397 g/mol. The van der Waals surface area contributed by atoms with Gasteiger partial charge in [-0.15, -0.1) is 0 Å². The van der Waals surface area contributed by atoms with Crippen LogP contribution in [0.5, 0.6) is 0 Å². The molecule has 0 aromatic rings. The lowest BCUT2D eigenvalue weighted by molar-refractivity contribution is 0.213. The number of alkyl halides is 3. The van der Waals surface area contributed by atoms with Crippen molar-refractivity contribution in [1.29, 1.82) is 0 Å². The molecule has 0 N–H and O–H groups in total. The highest BCUT2D eigenvalue weighted by Gasteiger charge is 2.68. The second kappa shape index (κ2) is 2.95. The molecule has 15 heavy (non-hydrogen) atoms. The largest absolute Gasteiger partial charge is 0.0963 e. The zero-order valence-electron chi connectivity index (χ0n) is 8.24. The topological polar surface area (TPSA) is 0 Å². The summed E-state index contributed by atoms with van der Waals surface area (Å²) in [5.41, 5.74) is 0. The quantitative estimate of drug-likeness (QED) is 0.325. The van der Waals surface area contributed by atoms with Gasteiger partial charge in [-0.3, -0.25) is 0 Å². The fourth-order valence-electron chi connectivity index (χ4n) is 4.89. The summed E-state index contributed by atoms with van der Waals surface area (Å²) in [6.07, 6.45) is 7.84. The second-order valence-electron chi connectivity index (χ2n) is 5.69. The van der Waals surface area contributed by atoms with Crippen LogP contribution in [0.15, 0.2) is 12.2 Å². The molecule has 0 nitrogen and oxygen atoms in total. The van der Waals surface area contributed by atoms with Crippen LogP contribution in [0.1, 0.15) is 12.8 Å². The van der Waals surface area contributed by atoms with Gasteiger partial charge in [-0.05, 0) is 48.3 Å². The van der Waals surface area contributed by atoms with E-state index in [2.05, 4.69) is 59.9 Å². The van der Waals surface area contributed by atoms with E-state index in [-0.39, 0.29) is 3.23 Å². The number of allylic oxidation sites excluding steroid dienone is 2. The molecule has 0 amide bonds. The molecule has 7 atom stereocenters. The van der Waals surface area contributed by atoms with Crippen molar-refractivity contribution in [1.82, 2.24) is 0 Å². The second-order valence-corrected chi connectivity index (χ2v) is 10.4. The molecular weight excluding hydrogens is 384 g/mol. The van der Waals surface area contributed by atoms with Gasteiger partial charge in [0.25, 0.3) is 0 Å². The van der Waals surface area contributed by atoms with Crippen molar-refractivity contribution in [2.24, 2.45) is 35.5 Å². The molecule has 0 radical (unpaired) electrons. The van der Waals surface area contributed by atoms with Crippen LogP contribution in [0, 0.1) is 35.5 Å². The van der Waals surface area contributed by atoms with E-state index in [9.17, 15) is 0 Å². The maximum absolute atomic E-state index is 3.92. The van der Waals surface area contributed by atoms with Crippen LogP contribution in [0.2, 0.25) is 0 Å². The fourth-order valence-corrected chi connectivity index (χ4v) is 7.46. The smallest absolute Gasteiger partial charge is 0.0863 e. The van der Waals surface area contributed by atoms with Gasteiger partial charge >= 0.3 is 0 Å². The normalized spacial score (nSPS) is 62.7. The molecule has 4 bridgehead atoms. The lowest BCUT2D eigenvalue weighted by Crippen LogP contribution is -2.43. The summed E-state index contributed by atoms with van der Waals surface area (Å²) in [7, 11) is 0. The van der Waals surface area contributed by atoms with Crippen molar-refractivity contribution >= 4 is 47.8 Å². The van der Waals surface area contributed by atoms with E-state index >= 15 is 0 Å². The van der Waals surface area contributed by atoms with E-state index < -0.39 is 0 Å². The zero-order valence-corrected chi connectivity index (χ0v) is 13.0. The summed E-state index contributed by atoms with van der Waals surface area (Å²) < 4.78 is 0.171. The summed E-state index contributed by atoms with van der Waals surface area (Å²) >= 11 is 11.7. The highest BCUT2D eigenvalue weighted by atomic mass is 79.9. The summed E-state index contributed by atoms with van der Waals surface area (Å²) in [6.45, 7) is 0. The van der Waals surface area contributed by atoms with Crippen molar-refractivity contribution < 1.29 is 0 Å². The molecule has 0 aromatic carbocycles. The Bertz CT molecular complexity index is 349. The Kier molecular flexibility index (Phi) is 1.99. The van der Waals surface area contributed by atoms with Crippen LogP contribution in [-0.4, -0.2) is 8.06 Å². The Morgan fingerprint density at radius 1 is 1.00 bits per heavy atom. The number of rotatable bonds is 0. The molecule has 3 fully saturated rings. The van der Waals surface area contributed by atoms with E-state index in [0.717, 1.165) is 35.5 Å². The van der Waals surface area contributed by atoms with Crippen LogP contribution < -0.4 is 0 Å². The van der Waals surface area contributed by atoms with Crippen molar-refractivity contribution in [2.75, 3.05) is 0 Å². The Hall–Kier alpha value is 1.18. The summed E-state index contributed by atoms with van der Waals surface area (Å²) in [5.74, 6) is 5.46. The first-order valence-electron chi connectivity index (χ1n) is 5.81. The highest BCUT2D eigenvalue weighted by Crippen LogP contribution is 2.72. The Morgan fingerprint density at radius 3 is 2.40 bits per heavy atom. The molecule has 4 aliphatic rings. The highest BCUT2D eigenvalue weighted by molar-refractivity contribution is 9.26. The monoisotopic (exact) mass is 394 g/mol. The van der Waals surface area contributed by atoms with Gasteiger partial charge in [-0.2, -0.15) is 0 Å². The van der Waals surface area contributed by atoms with Gasteiger partial charge in [-0.1, -0.05) is 59.9 Å². The number of halogens is 3. The first-order chi connectivity index (χ1) is 7.10. The Labute approximate surface area is 116 Å².